The van der Waals surface area contributed by atoms with Crippen LogP contribution in [-0.4, -0.2) is 5.11 Å². The van der Waals surface area contributed by atoms with E-state index in [4.69, 9.17) is 0 Å². The zero-order valence-electron chi connectivity index (χ0n) is 11.0. The molecule has 0 radical (unpaired) electrons. The Hall–Kier alpha value is -1.19. The average Bonchev–Trinajstić information content (AvgIpc) is 2.38. The molecule has 0 aromatic heterocycles. The van der Waals surface area contributed by atoms with Crippen molar-refractivity contribution in [1.82, 2.24) is 0 Å². The lowest BCUT2D eigenvalue weighted by molar-refractivity contribution is 0.178. The van der Waals surface area contributed by atoms with Crippen LogP contribution in [0.3, 0.4) is 0 Å². The minimum atomic E-state index is -0.573. The van der Waals surface area contributed by atoms with Gasteiger partial charge in [-0.2, -0.15) is 0 Å². The number of halogens is 2. The van der Waals surface area contributed by atoms with Gasteiger partial charge in [0.15, 0.2) is 0 Å². The van der Waals surface area contributed by atoms with Crippen LogP contribution in [0, 0.1) is 19.7 Å². The lowest BCUT2D eigenvalue weighted by Crippen LogP contribution is -2.03. The van der Waals surface area contributed by atoms with Crippen LogP contribution in [0.1, 0.15) is 28.4 Å². The van der Waals surface area contributed by atoms with Crippen LogP contribution in [0.2, 0.25) is 0 Å². The van der Waals surface area contributed by atoms with Crippen LogP contribution < -0.4 is 0 Å². The fourth-order valence-corrected chi connectivity index (χ4v) is 2.36. The van der Waals surface area contributed by atoms with Gasteiger partial charge < -0.3 is 5.11 Å². The van der Waals surface area contributed by atoms with Crippen LogP contribution in [0.4, 0.5) is 4.39 Å². The molecule has 0 heterocycles. The molecule has 0 aliphatic carbocycles. The molecule has 100 valence electrons. The second kappa shape index (κ2) is 5.85. The van der Waals surface area contributed by atoms with Crippen LogP contribution in [0.5, 0.6) is 0 Å². The van der Waals surface area contributed by atoms with Crippen molar-refractivity contribution in [2.75, 3.05) is 0 Å². The molecule has 0 bridgehead atoms. The van der Waals surface area contributed by atoms with E-state index < -0.39 is 6.10 Å². The van der Waals surface area contributed by atoms with E-state index >= 15 is 0 Å². The van der Waals surface area contributed by atoms with Gasteiger partial charge in [-0.1, -0.05) is 40.2 Å². The Morgan fingerprint density at radius 3 is 2.16 bits per heavy atom. The normalized spacial score (nSPS) is 12.5. The molecular weight excluding hydrogens is 307 g/mol. The van der Waals surface area contributed by atoms with Gasteiger partial charge in [0.25, 0.3) is 0 Å². The minimum Gasteiger partial charge on any atom is -0.388 e. The molecule has 19 heavy (non-hydrogen) atoms. The number of hydrogen-bond donors (Lipinski definition) is 1. The van der Waals surface area contributed by atoms with E-state index in [2.05, 4.69) is 15.9 Å². The highest BCUT2D eigenvalue weighted by molar-refractivity contribution is 9.10. The number of aliphatic hydroxyl groups is 1. The van der Waals surface area contributed by atoms with Gasteiger partial charge in [-0.3, -0.25) is 0 Å². The SMILES string of the molecule is Cc1cc(C(O)Cc2ccc(F)cc2)cc(C)c1Br. The standard InChI is InChI=1S/C16H16BrFO/c1-10-7-13(8-11(2)16(10)17)15(19)9-12-3-5-14(18)6-4-12/h3-8,15,19H,9H2,1-2H3. The summed E-state index contributed by atoms with van der Waals surface area (Å²) in [6.45, 7) is 4.01. The predicted octanol–water partition coefficient (Wildman–Crippen LogP) is 4.48. The van der Waals surface area contributed by atoms with Crippen molar-refractivity contribution in [3.05, 3.63) is 68.9 Å². The molecule has 1 atom stereocenters. The Morgan fingerprint density at radius 2 is 1.63 bits per heavy atom. The molecular formula is C16H16BrFO. The van der Waals surface area contributed by atoms with Gasteiger partial charge in [0, 0.05) is 10.9 Å². The third-order valence-electron chi connectivity index (χ3n) is 3.19. The van der Waals surface area contributed by atoms with E-state index in [1.54, 1.807) is 12.1 Å². The van der Waals surface area contributed by atoms with Gasteiger partial charge in [-0.05, 0) is 48.2 Å². The van der Waals surface area contributed by atoms with Crippen molar-refractivity contribution < 1.29 is 9.50 Å². The molecule has 1 unspecified atom stereocenters. The number of aliphatic hydroxyl groups excluding tert-OH is 1. The zero-order valence-corrected chi connectivity index (χ0v) is 12.5. The maximum atomic E-state index is 12.8. The Labute approximate surface area is 121 Å². The Kier molecular flexibility index (Phi) is 4.38. The van der Waals surface area contributed by atoms with Gasteiger partial charge in [-0.15, -0.1) is 0 Å². The lowest BCUT2D eigenvalue weighted by Gasteiger charge is -2.14. The molecule has 2 rings (SSSR count). The average molecular weight is 323 g/mol. The number of aryl methyl sites for hydroxylation is 2. The van der Waals surface area contributed by atoms with Crippen LogP contribution in [0.15, 0.2) is 40.9 Å². The van der Waals surface area contributed by atoms with E-state index in [1.807, 2.05) is 26.0 Å². The third-order valence-corrected chi connectivity index (χ3v) is 4.44. The number of hydrogen-bond acceptors (Lipinski definition) is 1. The summed E-state index contributed by atoms with van der Waals surface area (Å²) in [6, 6.07) is 10.2. The molecule has 3 heteroatoms. The summed E-state index contributed by atoms with van der Waals surface area (Å²) in [5, 5.41) is 10.3. The van der Waals surface area contributed by atoms with Crippen molar-refractivity contribution >= 4 is 15.9 Å². The van der Waals surface area contributed by atoms with E-state index in [0.717, 1.165) is 26.7 Å². The minimum absolute atomic E-state index is 0.256. The molecule has 0 fully saturated rings. The predicted molar refractivity (Wildman–Crippen MR) is 78.7 cm³/mol. The largest absolute Gasteiger partial charge is 0.388 e. The molecule has 0 saturated carbocycles. The highest BCUT2D eigenvalue weighted by atomic mass is 79.9. The van der Waals surface area contributed by atoms with E-state index in [0.29, 0.717) is 6.42 Å². The fraction of sp³-hybridized carbons (Fsp3) is 0.250. The Morgan fingerprint density at radius 1 is 1.11 bits per heavy atom. The first-order valence-corrected chi connectivity index (χ1v) is 6.96. The maximum Gasteiger partial charge on any atom is 0.123 e. The smallest absolute Gasteiger partial charge is 0.123 e. The van der Waals surface area contributed by atoms with Crippen molar-refractivity contribution in [3.63, 3.8) is 0 Å². The van der Waals surface area contributed by atoms with Gasteiger partial charge in [0.05, 0.1) is 6.10 Å². The first-order chi connectivity index (χ1) is 8.97. The summed E-state index contributed by atoms with van der Waals surface area (Å²) in [5.74, 6) is -0.256. The molecule has 2 aromatic rings. The topological polar surface area (TPSA) is 20.2 Å². The van der Waals surface area contributed by atoms with Gasteiger partial charge in [0.2, 0.25) is 0 Å². The quantitative estimate of drug-likeness (QED) is 0.883. The summed E-state index contributed by atoms with van der Waals surface area (Å²) >= 11 is 3.51. The van der Waals surface area contributed by atoms with E-state index in [1.165, 1.54) is 12.1 Å². The van der Waals surface area contributed by atoms with Crippen LogP contribution in [0.25, 0.3) is 0 Å². The summed E-state index contributed by atoms with van der Waals surface area (Å²) in [4.78, 5) is 0. The van der Waals surface area contributed by atoms with Crippen molar-refractivity contribution in [2.24, 2.45) is 0 Å². The van der Waals surface area contributed by atoms with E-state index in [9.17, 15) is 9.50 Å². The highest BCUT2D eigenvalue weighted by Gasteiger charge is 2.11. The molecule has 0 saturated heterocycles. The molecule has 0 spiro atoms. The van der Waals surface area contributed by atoms with Crippen LogP contribution in [-0.2, 0) is 6.42 Å². The summed E-state index contributed by atoms with van der Waals surface area (Å²) in [5.41, 5.74) is 4.02. The summed E-state index contributed by atoms with van der Waals surface area (Å²) in [7, 11) is 0. The van der Waals surface area contributed by atoms with Gasteiger partial charge in [-0.25, -0.2) is 4.39 Å². The maximum absolute atomic E-state index is 12.8. The highest BCUT2D eigenvalue weighted by Crippen LogP contribution is 2.27. The Bertz CT molecular complexity index is 555. The molecule has 1 N–H and O–H groups in total. The molecule has 1 nitrogen and oxygen atoms in total. The Balaban J connectivity index is 2.20. The van der Waals surface area contributed by atoms with Crippen molar-refractivity contribution in [3.8, 4) is 0 Å². The van der Waals surface area contributed by atoms with Crippen molar-refractivity contribution in [2.45, 2.75) is 26.4 Å². The summed E-state index contributed by atoms with van der Waals surface area (Å²) < 4.78 is 13.9. The molecule has 2 aromatic carbocycles. The number of rotatable bonds is 3. The van der Waals surface area contributed by atoms with Gasteiger partial charge in [0.1, 0.15) is 5.82 Å². The number of benzene rings is 2. The molecule has 0 aliphatic rings. The fourth-order valence-electron chi connectivity index (χ4n) is 2.13. The molecule has 0 amide bonds. The van der Waals surface area contributed by atoms with Gasteiger partial charge >= 0.3 is 0 Å². The summed E-state index contributed by atoms with van der Waals surface area (Å²) in [6.07, 6.45) is -0.0863. The lowest BCUT2D eigenvalue weighted by atomic mass is 9.98. The zero-order chi connectivity index (χ0) is 14.0. The molecule has 0 aliphatic heterocycles. The monoisotopic (exact) mass is 322 g/mol. The first kappa shape index (κ1) is 14.2. The van der Waals surface area contributed by atoms with Crippen LogP contribution >= 0.6 is 15.9 Å². The third kappa shape index (κ3) is 3.43. The second-order valence-corrected chi connectivity index (χ2v) is 5.61. The second-order valence-electron chi connectivity index (χ2n) is 4.82. The van der Waals surface area contributed by atoms with E-state index in [-0.39, 0.29) is 5.82 Å². The first-order valence-electron chi connectivity index (χ1n) is 6.16. The van der Waals surface area contributed by atoms with Crippen molar-refractivity contribution in [1.29, 1.82) is 0 Å².